The van der Waals surface area contributed by atoms with E-state index in [-0.39, 0.29) is 0 Å². The van der Waals surface area contributed by atoms with E-state index in [0.29, 0.717) is 5.84 Å². The summed E-state index contributed by atoms with van der Waals surface area (Å²) >= 11 is 0. The monoisotopic (exact) mass is 298 g/mol. The van der Waals surface area contributed by atoms with E-state index < -0.39 is 5.41 Å². The van der Waals surface area contributed by atoms with Gasteiger partial charge in [-0.15, -0.1) is 0 Å². The lowest BCUT2D eigenvalue weighted by atomic mass is 9.68. The van der Waals surface area contributed by atoms with Crippen LogP contribution in [0.1, 0.15) is 16.7 Å². The number of fused-ring (bicyclic) bond motifs is 1. The molecule has 0 fully saturated rings. The van der Waals surface area contributed by atoms with Gasteiger partial charge in [0.25, 0.3) is 0 Å². The van der Waals surface area contributed by atoms with Crippen LogP contribution in [0.5, 0.6) is 0 Å². The van der Waals surface area contributed by atoms with Gasteiger partial charge in [-0.1, -0.05) is 78.9 Å². The lowest BCUT2D eigenvalue weighted by Crippen LogP contribution is -2.45. The van der Waals surface area contributed by atoms with E-state index in [0.717, 1.165) is 12.1 Å². The summed E-state index contributed by atoms with van der Waals surface area (Å²) in [5, 5.41) is 0. The van der Waals surface area contributed by atoms with Crippen LogP contribution in [0.15, 0.2) is 89.9 Å². The van der Waals surface area contributed by atoms with Crippen molar-refractivity contribution in [2.75, 3.05) is 0 Å². The smallest absolute Gasteiger partial charge is 0.115 e. The molecule has 3 aromatic rings. The molecule has 0 radical (unpaired) electrons. The van der Waals surface area contributed by atoms with Gasteiger partial charge in [0.1, 0.15) is 5.84 Å². The van der Waals surface area contributed by atoms with E-state index in [1.807, 2.05) is 24.3 Å². The lowest BCUT2D eigenvalue weighted by Gasteiger charge is -2.37. The third-order valence-electron chi connectivity index (χ3n) is 4.66. The molecule has 23 heavy (non-hydrogen) atoms. The summed E-state index contributed by atoms with van der Waals surface area (Å²) in [6, 6.07) is 29.1. The molecule has 4 rings (SSSR count). The molecule has 0 saturated carbocycles. The number of hydrogen-bond donors (Lipinski definition) is 1. The van der Waals surface area contributed by atoms with Crippen molar-refractivity contribution in [1.82, 2.24) is 0 Å². The Labute approximate surface area is 136 Å². The Bertz CT molecular complexity index is 812. The van der Waals surface area contributed by atoms with E-state index in [2.05, 4.69) is 60.7 Å². The first kappa shape index (κ1) is 13.8. The summed E-state index contributed by atoms with van der Waals surface area (Å²) in [6.07, 6.45) is 0.826. The molecule has 0 saturated heterocycles. The SMILES string of the molecule is NC1=Nc2ccccc2CC1(c1ccccc1)c1ccccc1. The number of para-hydroxylation sites is 1. The van der Waals surface area contributed by atoms with Crippen molar-refractivity contribution in [2.45, 2.75) is 11.8 Å². The number of benzene rings is 3. The Hall–Kier alpha value is -2.87. The highest BCUT2D eigenvalue weighted by Crippen LogP contribution is 2.42. The van der Waals surface area contributed by atoms with Crippen LogP contribution in [-0.2, 0) is 11.8 Å². The van der Waals surface area contributed by atoms with Crippen LogP contribution >= 0.6 is 0 Å². The molecule has 1 aliphatic heterocycles. The number of rotatable bonds is 2. The lowest BCUT2D eigenvalue weighted by molar-refractivity contribution is 0.663. The first-order valence-electron chi connectivity index (χ1n) is 7.84. The fraction of sp³-hybridized carbons (Fsp3) is 0.0952. The first-order valence-corrected chi connectivity index (χ1v) is 7.84. The minimum Gasteiger partial charge on any atom is -0.386 e. The van der Waals surface area contributed by atoms with Crippen LogP contribution in [0.25, 0.3) is 0 Å². The van der Waals surface area contributed by atoms with Gasteiger partial charge in [0.2, 0.25) is 0 Å². The second-order valence-electron chi connectivity index (χ2n) is 5.94. The normalized spacial score (nSPS) is 15.6. The molecule has 3 aromatic carbocycles. The third-order valence-corrected chi connectivity index (χ3v) is 4.66. The van der Waals surface area contributed by atoms with E-state index in [1.54, 1.807) is 0 Å². The molecule has 1 heterocycles. The summed E-state index contributed by atoms with van der Waals surface area (Å²) < 4.78 is 0. The van der Waals surface area contributed by atoms with Crippen LogP contribution in [0, 0.1) is 0 Å². The van der Waals surface area contributed by atoms with Crippen molar-refractivity contribution < 1.29 is 0 Å². The van der Waals surface area contributed by atoms with Gasteiger partial charge in [-0.05, 0) is 29.2 Å². The molecular weight excluding hydrogens is 280 g/mol. The van der Waals surface area contributed by atoms with Gasteiger partial charge in [0.05, 0.1) is 11.1 Å². The minimum atomic E-state index is -0.406. The predicted molar refractivity (Wildman–Crippen MR) is 95.1 cm³/mol. The summed E-state index contributed by atoms with van der Waals surface area (Å²) in [6.45, 7) is 0. The van der Waals surface area contributed by atoms with Gasteiger partial charge in [-0.25, -0.2) is 4.99 Å². The molecule has 0 aromatic heterocycles. The second-order valence-corrected chi connectivity index (χ2v) is 5.94. The Morgan fingerprint density at radius 1 is 0.696 bits per heavy atom. The Kier molecular flexibility index (Phi) is 3.23. The van der Waals surface area contributed by atoms with Gasteiger partial charge >= 0.3 is 0 Å². The third kappa shape index (κ3) is 2.15. The zero-order valence-corrected chi connectivity index (χ0v) is 12.8. The predicted octanol–water partition coefficient (Wildman–Crippen LogP) is 4.22. The number of nitrogens with zero attached hydrogens (tertiary/aromatic N) is 1. The van der Waals surface area contributed by atoms with Gasteiger partial charge in [0.15, 0.2) is 0 Å². The zero-order valence-electron chi connectivity index (χ0n) is 12.8. The molecule has 0 unspecified atom stereocenters. The molecule has 112 valence electrons. The van der Waals surface area contributed by atoms with Crippen molar-refractivity contribution in [1.29, 1.82) is 0 Å². The maximum atomic E-state index is 6.54. The van der Waals surface area contributed by atoms with Gasteiger partial charge in [-0.2, -0.15) is 0 Å². The average Bonchev–Trinajstić information content (AvgIpc) is 2.62. The molecule has 2 nitrogen and oxygen atoms in total. The fourth-order valence-corrected chi connectivity index (χ4v) is 3.48. The van der Waals surface area contributed by atoms with Crippen LogP contribution in [0.2, 0.25) is 0 Å². The van der Waals surface area contributed by atoms with Crippen molar-refractivity contribution in [2.24, 2.45) is 10.7 Å². The first-order chi connectivity index (χ1) is 11.3. The number of aliphatic imine (C=N–C) groups is 1. The van der Waals surface area contributed by atoms with Gasteiger partial charge < -0.3 is 5.73 Å². The summed E-state index contributed by atoms with van der Waals surface area (Å²) in [5.41, 5.74) is 10.7. The highest BCUT2D eigenvalue weighted by molar-refractivity contribution is 5.99. The number of amidine groups is 1. The molecule has 0 bridgehead atoms. The maximum absolute atomic E-state index is 6.54. The average molecular weight is 298 g/mol. The number of hydrogen-bond acceptors (Lipinski definition) is 2. The topological polar surface area (TPSA) is 38.4 Å². The highest BCUT2D eigenvalue weighted by atomic mass is 14.9. The number of nitrogens with two attached hydrogens (primary N) is 1. The van der Waals surface area contributed by atoms with Crippen molar-refractivity contribution in [3.8, 4) is 0 Å². The molecule has 0 spiro atoms. The maximum Gasteiger partial charge on any atom is 0.115 e. The standard InChI is InChI=1S/C21H18N2/c22-20-21(17-10-3-1-4-11-17,18-12-5-2-6-13-18)15-16-9-7-8-14-19(16)23-20/h1-14H,15H2,(H2,22,23). The van der Waals surface area contributed by atoms with Crippen molar-refractivity contribution in [3.05, 3.63) is 102 Å². The quantitative estimate of drug-likeness (QED) is 0.756. The molecule has 2 N–H and O–H groups in total. The van der Waals surface area contributed by atoms with E-state index in [4.69, 9.17) is 10.7 Å². The summed E-state index contributed by atoms with van der Waals surface area (Å²) in [7, 11) is 0. The molecule has 2 heteroatoms. The second kappa shape index (κ2) is 5.40. The van der Waals surface area contributed by atoms with E-state index in [9.17, 15) is 0 Å². The summed E-state index contributed by atoms with van der Waals surface area (Å²) in [4.78, 5) is 4.75. The van der Waals surface area contributed by atoms with Crippen LogP contribution in [0.3, 0.4) is 0 Å². The largest absolute Gasteiger partial charge is 0.386 e. The zero-order chi connectivity index (χ0) is 15.7. The van der Waals surface area contributed by atoms with Crippen molar-refractivity contribution >= 4 is 11.5 Å². The van der Waals surface area contributed by atoms with Gasteiger partial charge in [0, 0.05) is 0 Å². The van der Waals surface area contributed by atoms with E-state index >= 15 is 0 Å². The molecule has 0 aliphatic carbocycles. The highest BCUT2D eigenvalue weighted by Gasteiger charge is 2.41. The Balaban J connectivity index is 1.99. The summed E-state index contributed by atoms with van der Waals surface area (Å²) in [5.74, 6) is 0.661. The molecule has 0 atom stereocenters. The van der Waals surface area contributed by atoms with Crippen molar-refractivity contribution in [3.63, 3.8) is 0 Å². The van der Waals surface area contributed by atoms with E-state index in [1.165, 1.54) is 16.7 Å². The van der Waals surface area contributed by atoms with Crippen LogP contribution < -0.4 is 5.73 Å². The van der Waals surface area contributed by atoms with Gasteiger partial charge in [-0.3, -0.25) is 0 Å². The molecular formula is C21H18N2. The Morgan fingerprint density at radius 3 is 1.83 bits per heavy atom. The Morgan fingerprint density at radius 2 is 1.22 bits per heavy atom. The molecule has 0 amide bonds. The minimum absolute atomic E-state index is 0.406. The van der Waals surface area contributed by atoms with Crippen LogP contribution in [0.4, 0.5) is 5.69 Å². The molecule has 1 aliphatic rings. The van der Waals surface area contributed by atoms with Crippen LogP contribution in [-0.4, -0.2) is 5.84 Å². The fourth-order valence-electron chi connectivity index (χ4n) is 3.48.